The van der Waals surface area contributed by atoms with Crippen molar-refractivity contribution in [1.29, 1.82) is 5.26 Å². The second-order valence-electron chi connectivity index (χ2n) is 6.22. The third-order valence-corrected chi connectivity index (χ3v) is 4.68. The molecular formula is C18H23NO2. The van der Waals surface area contributed by atoms with Crippen LogP contribution in [0.25, 0.3) is 0 Å². The van der Waals surface area contributed by atoms with Gasteiger partial charge in [-0.3, -0.25) is 0 Å². The Hall–Kier alpha value is -1.53. The summed E-state index contributed by atoms with van der Waals surface area (Å²) in [4.78, 5) is 0. The largest absolute Gasteiger partial charge is 0.484 e. The molecule has 1 aromatic rings. The Kier molecular flexibility index (Phi) is 3.91. The molecule has 2 aliphatic rings. The summed E-state index contributed by atoms with van der Waals surface area (Å²) in [5.74, 6) is 0.917. The maximum Gasteiger partial charge on any atom is 0.138 e. The van der Waals surface area contributed by atoms with Crippen molar-refractivity contribution >= 4 is 0 Å². The summed E-state index contributed by atoms with van der Waals surface area (Å²) in [5.41, 5.74) is 1.58. The van der Waals surface area contributed by atoms with Crippen molar-refractivity contribution < 1.29 is 9.47 Å². The third kappa shape index (κ3) is 2.53. The fourth-order valence-electron chi connectivity index (χ4n) is 3.42. The molecule has 2 atom stereocenters. The second kappa shape index (κ2) is 5.69. The highest BCUT2D eigenvalue weighted by molar-refractivity contribution is 5.48. The lowest BCUT2D eigenvalue weighted by Gasteiger charge is -2.37. The molecule has 3 heteroatoms. The van der Waals surface area contributed by atoms with Crippen molar-refractivity contribution in [1.82, 2.24) is 0 Å². The minimum absolute atomic E-state index is 0.135. The molecule has 0 saturated carbocycles. The van der Waals surface area contributed by atoms with Crippen molar-refractivity contribution in [3.63, 3.8) is 0 Å². The molecule has 3 rings (SSSR count). The van der Waals surface area contributed by atoms with Gasteiger partial charge in [0, 0.05) is 5.56 Å². The van der Waals surface area contributed by atoms with Crippen molar-refractivity contribution in [2.45, 2.75) is 70.2 Å². The zero-order chi connectivity index (χ0) is 14.9. The van der Waals surface area contributed by atoms with Crippen molar-refractivity contribution in [2.24, 2.45) is 0 Å². The maximum atomic E-state index is 9.04. The van der Waals surface area contributed by atoms with Gasteiger partial charge in [0.15, 0.2) is 0 Å². The third-order valence-electron chi connectivity index (χ3n) is 4.68. The van der Waals surface area contributed by atoms with Gasteiger partial charge in [-0.1, -0.05) is 26.7 Å². The predicted octanol–water partition coefficient (Wildman–Crippen LogP) is 4.51. The van der Waals surface area contributed by atoms with E-state index >= 15 is 0 Å². The summed E-state index contributed by atoms with van der Waals surface area (Å²) in [7, 11) is 0. The summed E-state index contributed by atoms with van der Waals surface area (Å²) in [6.45, 7) is 4.43. The van der Waals surface area contributed by atoms with E-state index in [4.69, 9.17) is 14.7 Å². The van der Waals surface area contributed by atoms with Crippen molar-refractivity contribution in [2.75, 3.05) is 0 Å². The standard InChI is InChI=1S/C18H23NO2/c1-3-5-9-18(10-6-4-2)17-16(20-17)14-11-13(12-19)7-8-15(14)21-18/h7-8,11,16-17H,3-6,9-10H2,1-2H3. The fourth-order valence-corrected chi connectivity index (χ4v) is 3.42. The Bertz CT molecular complexity index is 553. The Morgan fingerprint density at radius 3 is 2.52 bits per heavy atom. The first-order valence-electron chi connectivity index (χ1n) is 8.12. The first-order chi connectivity index (χ1) is 10.2. The van der Waals surface area contributed by atoms with Gasteiger partial charge in [0.1, 0.15) is 23.6 Å². The van der Waals surface area contributed by atoms with Crippen LogP contribution in [0.2, 0.25) is 0 Å². The van der Waals surface area contributed by atoms with Gasteiger partial charge in [-0.05, 0) is 43.9 Å². The zero-order valence-electron chi connectivity index (χ0n) is 12.9. The zero-order valence-corrected chi connectivity index (χ0v) is 12.9. The van der Waals surface area contributed by atoms with Crippen LogP contribution in [0.3, 0.4) is 0 Å². The number of nitrogens with zero attached hydrogens (tertiary/aromatic N) is 1. The molecule has 1 fully saturated rings. The first kappa shape index (κ1) is 14.4. The molecule has 0 N–H and O–H groups in total. The van der Waals surface area contributed by atoms with Crippen LogP contribution in [-0.4, -0.2) is 11.7 Å². The fraction of sp³-hybridized carbons (Fsp3) is 0.611. The van der Waals surface area contributed by atoms with Crippen LogP contribution < -0.4 is 4.74 Å². The number of fused-ring (bicyclic) bond motifs is 3. The molecule has 21 heavy (non-hydrogen) atoms. The van der Waals surface area contributed by atoms with E-state index in [2.05, 4.69) is 19.9 Å². The van der Waals surface area contributed by atoms with Crippen molar-refractivity contribution in [3.8, 4) is 11.8 Å². The Balaban J connectivity index is 1.89. The first-order valence-corrected chi connectivity index (χ1v) is 8.12. The number of unbranched alkanes of at least 4 members (excludes halogenated alkanes) is 2. The van der Waals surface area contributed by atoms with Gasteiger partial charge in [0.2, 0.25) is 0 Å². The quantitative estimate of drug-likeness (QED) is 0.722. The molecule has 0 aromatic heterocycles. The van der Waals surface area contributed by atoms with Crippen LogP contribution in [0, 0.1) is 11.3 Å². The van der Waals surface area contributed by atoms with E-state index in [0.717, 1.165) is 24.2 Å². The van der Waals surface area contributed by atoms with E-state index in [9.17, 15) is 0 Å². The highest BCUT2D eigenvalue weighted by atomic mass is 16.6. The van der Waals surface area contributed by atoms with Crippen LogP contribution in [0.1, 0.15) is 69.6 Å². The maximum absolute atomic E-state index is 9.04. The number of ether oxygens (including phenoxy) is 2. The summed E-state index contributed by atoms with van der Waals surface area (Å²) in [6.07, 6.45) is 7.12. The minimum Gasteiger partial charge on any atom is -0.484 e. The predicted molar refractivity (Wildman–Crippen MR) is 81.2 cm³/mol. The van der Waals surface area contributed by atoms with E-state index in [1.165, 1.54) is 25.7 Å². The normalized spacial score (nSPS) is 24.4. The summed E-state index contributed by atoms with van der Waals surface area (Å²) in [5, 5.41) is 9.04. The van der Waals surface area contributed by atoms with Gasteiger partial charge in [-0.2, -0.15) is 5.26 Å². The van der Waals surface area contributed by atoms with Crippen molar-refractivity contribution in [3.05, 3.63) is 29.3 Å². The van der Waals surface area contributed by atoms with Gasteiger partial charge in [0.05, 0.1) is 11.6 Å². The van der Waals surface area contributed by atoms with E-state index in [-0.39, 0.29) is 17.8 Å². The molecule has 0 aliphatic carbocycles. The topological polar surface area (TPSA) is 45.5 Å². The average molecular weight is 285 g/mol. The highest BCUT2D eigenvalue weighted by Gasteiger charge is 2.60. The van der Waals surface area contributed by atoms with E-state index in [1.807, 2.05) is 18.2 Å². The molecule has 2 heterocycles. The monoisotopic (exact) mass is 285 g/mol. The highest BCUT2D eigenvalue weighted by Crippen LogP contribution is 2.56. The van der Waals surface area contributed by atoms with Crippen LogP contribution in [-0.2, 0) is 4.74 Å². The second-order valence-corrected chi connectivity index (χ2v) is 6.22. The number of hydrogen-bond acceptors (Lipinski definition) is 3. The summed E-state index contributed by atoms with van der Waals surface area (Å²) in [6, 6.07) is 7.90. The lowest BCUT2D eigenvalue weighted by Crippen LogP contribution is -2.44. The lowest BCUT2D eigenvalue weighted by atomic mass is 9.82. The van der Waals surface area contributed by atoms with Gasteiger partial charge in [0.25, 0.3) is 0 Å². The molecule has 0 bridgehead atoms. The molecule has 0 radical (unpaired) electrons. The molecule has 1 saturated heterocycles. The van der Waals surface area contributed by atoms with Gasteiger partial charge < -0.3 is 9.47 Å². The lowest BCUT2D eigenvalue weighted by molar-refractivity contribution is 0.0148. The molecule has 2 unspecified atom stereocenters. The number of nitriles is 1. The van der Waals surface area contributed by atoms with Crippen LogP contribution in [0.5, 0.6) is 5.75 Å². The molecule has 2 aliphatic heterocycles. The summed E-state index contributed by atoms with van der Waals surface area (Å²) < 4.78 is 12.4. The molecule has 3 nitrogen and oxygen atoms in total. The Labute approximate surface area is 126 Å². The van der Waals surface area contributed by atoms with Gasteiger partial charge >= 0.3 is 0 Å². The minimum atomic E-state index is -0.155. The van der Waals surface area contributed by atoms with Crippen LogP contribution in [0.4, 0.5) is 0 Å². The smallest absolute Gasteiger partial charge is 0.138 e. The molecule has 0 spiro atoms. The average Bonchev–Trinajstić information content (AvgIpc) is 3.32. The Morgan fingerprint density at radius 1 is 1.19 bits per heavy atom. The molecule has 112 valence electrons. The van der Waals surface area contributed by atoms with Gasteiger partial charge in [-0.15, -0.1) is 0 Å². The molecular weight excluding hydrogens is 262 g/mol. The van der Waals surface area contributed by atoms with E-state index in [1.54, 1.807) is 0 Å². The number of rotatable bonds is 6. The molecule has 0 amide bonds. The number of epoxide rings is 1. The van der Waals surface area contributed by atoms with Gasteiger partial charge in [-0.25, -0.2) is 0 Å². The van der Waals surface area contributed by atoms with E-state index < -0.39 is 0 Å². The number of benzene rings is 1. The van der Waals surface area contributed by atoms with Crippen LogP contribution >= 0.6 is 0 Å². The number of hydrogen-bond donors (Lipinski definition) is 0. The Morgan fingerprint density at radius 2 is 1.90 bits per heavy atom. The van der Waals surface area contributed by atoms with Crippen LogP contribution in [0.15, 0.2) is 18.2 Å². The SMILES string of the molecule is CCCCC1(CCCC)Oc2ccc(C#N)cc2C2OC21. The molecule has 1 aromatic carbocycles. The summed E-state index contributed by atoms with van der Waals surface area (Å²) >= 11 is 0. The van der Waals surface area contributed by atoms with E-state index in [0.29, 0.717) is 5.56 Å².